The van der Waals surface area contributed by atoms with Gasteiger partial charge in [-0.2, -0.15) is 0 Å². The third-order valence-corrected chi connectivity index (χ3v) is 6.01. The maximum Gasteiger partial charge on any atom is 0.263 e. The summed E-state index contributed by atoms with van der Waals surface area (Å²) in [4.78, 5) is 30.1. The second-order valence-corrected chi connectivity index (χ2v) is 8.73. The number of hydrogen-bond acceptors (Lipinski definition) is 3. The highest BCUT2D eigenvalue weighted by Crippen LogP contribution is 2.24. The summed E-state index contributed by atoms with van der Waals surface area (Å²) in [5.41, 5.74) is 1.50. The average Bonchev–Trinajstić information content (AvgIpc) is 2.69. The highest BCUT2D eigenvalue weighted by Gasteiger charge is 2.27. The van der Waals surface area contributed by atoms with E-state index in [-0.39, 0.29) is 28.9 Å². The van der Waals surface area contributed by atoms with Gasteiger partial charge in [-0.25, -0.2) is 4.39 Å². The minimum atomic E-state index is -0.220. The van der Waals surface area contributed by atoms with Crippen molar-refractivity contribution in [2.24, 2.45) is 5.92 Å². The highest BCUT2D eigenvalue weighted by molar-refractivity contribution is 5.95. The standard InChI is InChI=1S/C24H32FN3O2/c1-17-9-14-28(18(2)16-26(3)4)24(30)22(17)23(29)27-12-10-19(11-13-27)15-20-7-5-6-8-21(20)25/h5-9,14,18-19H,10-13,15-16H2,1-4H3. The van der Waals surface area contributed by atoms with Gasteiger partial charge < -0.3 is 14.4 Å². The molecule has 30 heavy (non-hydrogen) atoms. The molecule has 0 saturated carbocycles. The molecule has 5 nitrogen and oxygen atoms in total. The summed E-state index contributed by atoms with van der Waals surface area (Å²) in [6, 6.07) is 8.72. The highest BCUT2D eigenvalue weighted by atomic mass is 19.1. The number of carbonyl (C=O) groups is 1. The Hall–Kier alpha value is -2.47. The number of piperidine rings is 1. The number of aromatic nitrogens is 1. The molecular formula is C24H32FN3O2. The Kier molecular flexibility index (Phi) is 7.08. The number of carbonyl (C=O) groups excluding carboxylic acids is 1. The predicted molar refractivity (Wildman–Crippen MR) is 117 cm³/mol. The first kappa shape index (κ1) is 22.2. The minimum Gasteiger partial charge on any atom is -0.338 e. The first-order valence-corrected chi connectivity index (χ1v) is 10.7. The van der Waals surface area contributed by atoms with Gasteiger partial charge in [0.2, 0.25) is 0 Å². The summed E-state index contributed by atoms with van der Waals surface area (Å²) >= 11 is 0. The number of hydrogen-bond donors (Lipinski definition) is 0. The van der Waals surface area contributed by atoms with Crippen molar-refractivity contribution in [2.75, 3.05) is 33.7 Å². The lowest BCUT2D eigenvalue weighted by atomic mass is 9.89. The number of halogens is 1. The second-order valence-electron chi connectivity index (χ2n) is 8.73. The van der Waals surface area contributed by atoms with Gasteiger partial charge in [-0.3, -0.25) is 9.59 Å². The van der Waals surface area contributed by atoms with Gasteiger partial charge in [0.15, 0.2) is 0 Å². The van der Waals surface area contributed by atoms with Crippen LogP contribution in [0, 0.1) is 18.7 Å². The number of likely N-dealkylation sites (tertiary alicyclic amines) is 1. The number of pyridine rings is 1. The molecule has 1 aromatic heterocycles. The molecule has 1 aromatic carbocycles. The quantitative estimate of drug-likeness (QED) is 0.728. The Bertz CT molecular complexity index is 946. The fraction of sp³-hybridized carbons (Fsp3) is 0.500. The normalized spacial score (nSPS) is 16.1. The molecule has 1 amide bonds. The fourth-order valence-corrected chi connectivity index (χ4v) is 4.34. The molecule has 1 atom stereocenters. The van der Waals surface area contributed by atoms with Crippen LogP contribution in [0.25, 0.3) is 0 Å². The van der Waals surface area contributed by atoms with Crippen LogP contribution in [0.4, 0.5) is 4.39 Å². The van der Waals surface area contributed by atoms with Crippen LogP contribution in [0.15, 0.2) is 41.3 Å². The van der Waals surface area contributed by atoms with Crippen LogP contribution in [0.2, 0.25) is 0 Å². The van der Waals surface area contributed by atoms with Crippen LogP contribution < -0.4 is 5.56 Å². The molecule has 1 fully saturated rings. The van der Waals surface area contributed by atoms with Crippen molar-refractivity contribution < 1.29 is 9.18 Å². The maximum atomic E-state index is 13.9. The van der Waals surface area contributed by atoms with Gasteiger partial charge in [-0.05, 0) is 76.4 Å². The van der Waals surface area contributed by atoms with Gasteiger partial charge in [0.25, 0.3) is 11.5 Å². The summed E-state index contributed by atoms with van der Waals surface area (Å²) in [6.07, 6.45) is 4.10. The summed E-state index contributed by atoms with van der Waals surface area (Å²) in [5, 5.41) is 0. The van der Waals surface area contributed by atoms with Crippen molar-refractivity contribution in [3.8, 4) is 0 Å². The number of rotatable bonds is 6. The third-order valence-electron chi connectivity index (χ3n) is 6.01. The number of amides is 1. The Morgan fingerprint density at radius 1 is 1.20 bits per heavy atom. The Morgan fingerprint density at radius 3 is 2.50 bits per heavy atom. The zero-order valence-electron chi connectivity index (χ0n) is 18.4. The molecular weight excluding hydrogens is 381 g/mol. The van der Waals surface area contributed by atoms with Gasteiger partial charge in [0.05, 0.1) is 0 Å². The molecule has 0 bridgehead atoms. The summed E-state index contributed by atoms with van der Waals surface area (Å²) in [5.74, 6) is -0.00357. The Balaban J connectivity index is 1.70. The van der Waals surface area contributed by atoms with E-state index < -0.39 is 0 Å². The summed E-state index contributed by atoms with van der Waals surface area (Å²) in [7, 11) is 3.93. The van der Waals surface area contributed by atoms with E-state index in [0.717, 1.165) is 24.9 Å². The molecule has 1 unspecified atom stereocenters. The molecule has 2 aromatic rings. The van der Waals surface area contributed by atoms with Crippen LogP contribution in [0.5, 0.6) is 0 Å². The topological polar surface area (TPSA) is 45.6 Å². The van der Waals surface area contributed by atoms with E-state index in [1.165, 1.54) is 6.07 Å². The molecule has 1 saturated heterocycles. The van der Waals surface area contributed by atoms with E-state index in [1.807, 2.05) is 51.0 Å². The van der Waals surface area contributed by atoms with Gasteiger partial charge in [-0.15, -0.1) is 0 Å². The molecule has 0 radical (unpaired) electrons. The van der Waals surface area contributed by atoms with Crippen molar-refractivity contribution in [3.05, 3.63) is 69.4 Å². The number of benzene rings is 1. The molecule has 0 spiro atoms. The van der Waals surface area contributed by atoms with Gasteiger partial charge in [0.1, 0.15) is 11.4 Å². The number of likely N-dealkylation sites (N-methyl/N-ethyl adjacent to an activating group) is 1. The Labute approximate surface area is 178 Å². The van der Waals surface area contributed by atoms with Crippen LogP contribution in [-0.2, 0) is 6.42 Å². The minimum absolute atomic E-state index is 0.0221. The number of nitrogens with zero attached hydrogens (tertiary/aromatic N) is 3. The zero-order chi connectivity index (χ0) is 21.8. The molecule has 0 aliphatic carbocycles. The monoisotopic (exact) mass is 413 g/mol. The summed E-state index contributed by atoms with van der Waals surface area (Å²) < 4.78 is 15.6. The lowest BCUT2D eigenvalue weighted by Crippen LogP contribution is -2.43. The molecule has 162 valence electrons. The molecule has 6 heteroatoms. The van der Waals surface area contributed by atoms with Crippen LogP contribution >= 0.6 is 0 Å². The van der Waals surface area contributed by atoms with E-state index in [9.17, 15) is 14.0 Å². The second kappa shape index (κ2) is 9.56. The predicted octanol–water partition coefficient (Wildman–Crippen LogP) is 3.51. The Morgan fingerprint density at radius 2 is 1.87 bits per heavy atom. The van der Waals surface area contributed by atoms with E-state index in [0.29, 0.717) is 31.0 Å². The van der Waals surface area contributed by atoms with E-state index in [2.05, 4.69) is 0 Å². The zero-order valence-corrected chi connectivity index (χ0v) is 18.4. The van der Waals surface area contributed by atoms with E-state index in [1.54, 1.807) is 21.7 Å². The maximum absolute atomic E-state index is 13.9. The summed E-state index contributed by atoms with van der Waals surface area (Å²) in [6.45, 7) is 5.72. The lowest BCUT2D eigenvalue weighted by Gasteiger charge is -2.32. The van der Waals surface area contributed by atoms with Crippen molar-refractivity contribution in [1.29, 1.82) is 0 Å². The lowest BCUT2D eigenvalue weighted by molar-refractivity contribution is 0.0686. The first-order chi connectivity index (χ1) is 14.3. The van der Waals surface area contributed by atoms with Crippen molar-refractivity contribution in [3.63, 3.8) is 0 Å². The van der Waals surface area contributed by atoms with Crippen molar-refractivity contribution in [1.82, 2.24) is 14.4 Å². The fourth-order valence-electron chi connectivity index (χ4n) is 4.34. The van der Waals surface area contributed by atoms with E-state index in [4.69, 9.17) is 0 Å². The SMILES string of the molecule is Cc1ccn(C(C)CN(C)C)c(=O)c1C(=O)N1CCC(Cc2ccccc2F)CC1. The van der Waals surface area contributed by atoms with Gasteiger partial charge >= 0.3 is 0 Å². The third kappa shape index (κ3) is 4.98. The van der Waals surface area contributed by atoms with Crippen LogP contribution in [0.1, 0.15) is 47.3 Å². The molecule has 1 aliphatic rings. The molecule has 1 aliphatic heterocycles. The van der Waals surface area contributed by atoms with Gasteiger partial charge in [0, 0.05) is 31.9 Å². The molecule has 2 heterocycles. The first-order valence-electron chi connectivity index (χ1n) is 10.7. The van der Waals surface area contributed by atoms with Crippen molar-refractivity contribution >= 4 is 5.91 Å². The largest absolute Gasteiger partial charge is 0.338 e. The van der Waals surface area contributed by atoms with Crippen molar-refractivity contribution in [2.45, 2.75) is 39.2 Å². The molecule has 3 rings (SSSR count). The molecule has 0 N–H and O–H groups in total. The average molecular weight is 414 g/mol. The number of aryl methyl sites for hydroxylation is 1. The smallest absolute Gasteiger partial charge is 0.263 e. The van der Waals surface area contributed by atoms with E-state index >= 15 is 0 Å². The van der Waals surface area contributed by atoms with Gasteiger partial charge in [-0.1, -0.05) is 18.2 Å². The van der Waals surface area contributed by atoms with Crippen LogP contribution in [-0.4, -0.2) is 54.0 Å². The van der Waals surface area contributed by atoms with Crippen LogP contribution in [0.3, 0.4) is 0 Å².